The third-order valence-electron chi connectivity index (χ3n) is 3.20. The van der Waals surface area contributed by atoms with Gasteiger partial charge in [-0.15, -0.1) is 0 Å². The molecule has 68 valence electrons. The van der Waals surface area contributed by atoms with Gasteiger partial charge in [0, 0.05) is 17.5 Å². The molecule has 0 aromatic heterocycles. The first-order chi connectivity index (χ1) is 6.36. The van der Waals surface area contributed by atoms with E-state index >= 15 is 0 Å². The Labute approximate surface area is 77.7 Å². The van der Waals surface area contributed by atoms with Crippen molar-refractivity contribution in [1.29, 1.82) is 0 Å². The lowest BCUT2D eigenvalue weighted by molar-refractivity contribution is 0.223. The molecule has 1 aromatic carbocycles. The van der Waals surface area contributed by atoms with Gasteiger partial charge in [0.2, 0.25) is 0 Å². The number of rotatable bonds is 0. The zero-order chi connectivity index (χ0) is 8.84. The fourth-order valence-corrected chi connectivity index (χ4v) is 2.58. The summed E-state index contributed by atoms with van der Waals surface area (Å²) >= 11 is 0. The summed E-state index contributed by atoms with van der Waals surface area (Å²) in [5, 5.41) is 0. The lowest BCUT2D eigenvalue weighted by atomic mass is 9.95. The van der Waals surface area contributed by atoms with Crippen LogP contribution in [0.3, 0.4) is 0 Å². The highest BCUT2D eigenvalue weighted by Crippen LogP contribution is 2.45. The summed E-state index contributed by atoms with van der Waals surface area (Å²) in [6.07, 6.45) is 2.57. The van der Waals surface area contributed by atoms with E-state index in [2.05, 4.69) is 12.1 Å². The monoisotopic (exact) mass is 175 g/mol. The molecule has 13 heavy (non-hydrogen) atoms. The molecule has 3 atom stereocenters. The van der Waals surface area contributed by atoms with Crippen LogP contribution in [0.4, 0.5) is 0 Å². The third kappa shape index (κ3) is 0.923. The molecule has 2 N–H and O–H groups in total. The molecule has 0 bridgehead atoms. The highest BCUT2D eigenvalue weighted by molar-refractivity contribution is 5.42. The standard InChI is InChI=1S/C11H13NO/c12-8-5-6-10-11(8)7-3-1-2-4-9(7)13-10/h1-4,8,10-11H,5-6,12H2. The van der Waals surface area contributed by atoms with E-state index in [1.165, 1.54) is 5.56 Å². The summed E-state index contributed by atoms with van der Waals surface area (Å²) in [7, 11) is 0. The zero-order valence-electron chi connectivity index (χ0n) is 7.44. The topological polar surface area (TPSA) is 35.2 Å². The summed E-state index contributed by atoms with van der Waals surface area (Å²) in [5.41, 5.74) is 7.37. The van der Waals surface area contributed by atoms with Gasteiger partial charge < -0.3 is 10.5 Å². The molecule has 3 rings (SSSR count). The van der Waals surface area contributed by atoms with Crippen LogP contribution in [0, 0.1) is 0 Å². The van der Waals surface area contributed by atoms with Crippen LogP contribution in [0.25, 0.3) is 0 Å². The van der Waals surface area contributed by atoms with Gasteiger partial charge in [0.15, 0.2) is 0 Å². The van der Waals surface area contributed by atoms with Crippen LogP contribution in [0.5, 0.6) is 5.75 Å². The first kappa shape index (κ1) is 7.39. The predicted octanol–water partition coefficient (Wildman–Crippen LogP) is 1.65. The molecule has 1 heterocycles. The smallest absolute Gasteiger partial charge is 0.123 e. The van der Waals surface area contributed by atoms with Crippen LogP contribution >= 0.6 is 0 Å². The van der Waals surface area contributed by atoms with Crippen LogP contribution in [0.1, 0.15) is 24.3 Å². The molecule has 1 saturated carbocycles. The minimum atomic E-state index is 0.300. The van der Waals surface area contributed by atoms with Gasteiger partial charge in [0.25, 0.3) is 0 Å². The molecule has 0 radical (unpaired) electrons. The molecule has 1 aliphatic carbocycles. The van der Waals surface area contributed by atoms with Gasteiger partial charge in [-0.1, -0.05) is 18.2 Å². The quantitative estimate of drug-likeness (QED) is 0.650. The Morgan fingerprint density at radius 3 is 3.00 bits per heavy atom. The third-order valence-corrected chi connectivity index (χ3v) is 3.20. The molecule has 2 heteroatoms. The Morgan fingerprint density at radius 1 is 1.23 bits per heavy atom. The van der Waals surface area contributed by atoms with Crippen molar-refractivity contribution in [2.45, 2.75) is 30.9 Å². The van der Waals surface area contributed by atoms with Gasteiger partial charge in [-0.05, 0) is 18.9 Å². The number of hydrogen-bond acceptors (Lipinski definition) is 2. The van der Waals surface area contributed by atoms with E-state index in [9.17, 15) is 0 Å². The minimum absolute atomic E-state index is 0.300. The summed E-state index contributed by atoms with van der Waals surface area (Å²) < 4.78 is 5.82. The maximum absolute atomic E-state index is 6.05. The molecular weight excluding hydrogens is 162 g/mol. The van der Waals surface area contributed by atoms with E-state index < -0.39 is 0 Å². The van der Waals surface area contributed by atoms with E-state index in [-0.39, 0.29) is 0 Å². The second-order valence-electron chi connectivity index (χ2n) is 3.96. The Bertz CT molecular complexity index is 337. The summed E-state index contributed by atoms with van der Waals surface area (Å²) in [5.74, 6) is 1.50. The Kier molecular flexibility index (Phi) is 1.41. The van der Waals surface area contributed by atoms with Gasteiger partial charge in [-0.3, -0.25) is 0 Å². The predicted molar refractivity (Wildman–Crippen MR) is 50.8 cm³/mol. The first-order valence-corrected chi connectivity index (χ1v) is 4.87. The van der Waals surface area contributed by atoms with Crippen LogP contribution in [-0.4, -0.2) is 12.1 Å². The summed E-state index contributed by atoms with van der Waals surface area (Å²) in [4.78, 5) is 0. The van der Waals surface area contributed by atoms with Gasteiger partial charge in [0.1, 0.15) is 11.9 Å². The van der Waals surface area contributed by atoms with E-state index in [0.29, 0.717) is 18.1 Å². The number of hydrogen-bond donors (Lipinski definition) is 1. The van der Waals surface area contributed by atoms with Gasteiger partial charge in [-0.2, -0.15) is 0 Å². The van der Waals surface area contributed by atoms with Crippen molar-refractivity contribution in [3.63, 3.8) is 0 Å². The molecular formula is C11H13NO. The second kappa shape index (κ2) is 2.48. The molecule has 0 spiro atoms. The molecule has 2 aliphatic rings. The van der Waals surface area contributed by atoms with Crippen molar-refractivity contribution in [3.05, 3.63) is 29.8 Å². The SMILES string of the molecule is NC1CCC2Oc3ccccc3C12. The average Bonchev–Trinajstić information content (AvgIpc) is 2.66. The fourth-order valence-electron chi connectivity index (χ4n) is 2.58. The van der Waals surface area contributed by atoms with Gasteiger partial charge in [0.05, 0.1) is 0 Å². The maximum atomic E-state index is 6.05. The second-order valence-corrected chi connectivity index (χ2v) is 3.96. The Balaban J connectivity index is 2.08. The summed E-state index contributed by atoms with van der Waals surface area (Å²) in [6.45, 7) is 0. The zero-order valence-corrected chi connectivity index (χ0v) is 7.44. The van der Waals surface area contributed by atoms with E-state index in [0.717, 1.165) is 18.6 Å². The van der Waals surface area contributed by atoms with Crippen molar-refractivity contribution in [3.8, 4) is 5.75 Å². The van der Waals surface area contributed by atoms with Crippen molar-refractivity contribution >= 4 is 0 Å². The number of ether oxygens (including phenoxy) is 1. The molecule has 2 nitrogen and oxygen atoms in total. The van der Waals surface area contributed by atoms with Crippen molar-refractivity contribution < 1.29 is 4.74 Å². The molecule has 0 saturated heterocycles. The molecule has 1 aliphatic heterocycles. The number of nitrogens with two attached hydrogens (primary N) is 1. The number of benzene rings is 1. The van der Waals surface area contributed by atoms with Crippen LogP contribution in [-0.2, 0) is 0 Å². The Hall–Kier alpha value is -1.02. The van der Waals surface area contributed by atoms with E-state index in [4.69, 9.17) is 10.5 Å². The highest BCUT2D eigenvalue weighted by atomic mass is 16.5. The molecule has 3 unspecified atom stereocenters. The molecule has 1 aromatic rings. The van der Waals surface area contributed by atoms with Crippen molar-refractivity contribution in [1.82, 2.24) is 0 Å². The highest BCUT2D eigenvalue weighted by Gasteiger charge is 2.42. The van der Waals surface area contributed by atoms with E-state index in [1.54, 1.807) is 0 Å². The normalized spacial score (nSPS) is 35.3. The van der Waals surface area contributed by atoms with Gasteiger partial charge >= 0.3 is 0 Å². The van der Waals surface area contributed by atoms with Crippen LogP contribution in [0.15, 0.2) is 24.3 Å². The summed E-state index contributed by atoms with van der Waals surface area (Å²) in [6, 6.07) is 8.57. The fraction of sp³-hybridized carbons (Fsp3) is 0.455. The number of para-hydroxylation sites is 1. The molecule has 1 fully saturated rings. The lowest BCUT2D eigenvalue weighted by Crippen LogP contribution is -2.26. The van der Waals surface area contributed by atoms with E-state index in [1.807, 2.05) is 12.1 Å². The van der Waals surface area contributed by atoms with Crippen LogP contribution in [0.2, 0.25) is 0 Å². The Morgan fingerprint density at radius 2 is 2.08 bits per heavy atom. The first-order valence-electron chi connectivity index (χ1n) is 4.87. The average molecular weight is 175 g/mol. The number of fused-ring (bicyclic) bond motifs is 3. The largest absolute Gasteiger partial charge is 0.489 e. The molecule has 0 amide bonds. The van der Waals surface area contributed by atoms with Crippen molar-refractivity contribution in [2.24, 2.45) is 5.73 Å². The van der Waals surface area contributed by atoms with Gasteiger partial charge in [-0.25, -0.2) is 0 Å². The van der Waals surface area contributed by atoms with Crippen molar-refractivity contribution in [2.75, 3.05) is 0 Å². The maximum Gasteiger partial charge on any atom is 0.123 e. The lowest BCUT2D eigenvalue weighted by Gasteiger charge is -2.12. The van der Waals surface area contributed by atoms with Crippen LogP contribution < -0.4 is 10.5 Å². The minimum Gasteiger partial charge on any atom is -0.489 e.